The van der Waals surface area contributed by atoms with Crippen molar-refractivity contribution in [2.45, 2.75) is 20.3 Å². The molecule has 0 aliphatic carbocycles. The number of hydrogen-bond acceptors (Lipinski definition) is 4. The second-order valence-electron chi connectivity index (χ2n) is 6.66. The van der Waals surface area contributed by atoms with Gasteiger partial charge < -0.3 is 10.2 Å². The minimum Gasteiger partial charge on any atom is -0.332 e. The van der Waals surface area contributed by atoms with Crippen LogP contribution in [-0.4, -0.2) is 35.3 Å². The second kappa shape index (κ2) is 9.20. The van der Waals surface area contributed by atoms with Crippen LogP contribution in [0.4, 0.5) is 5.69 Å². The number of carbonyl (C=O) groups excluding carboxylic acids is 2. The maximum atomic E-state index is 12.9. The topological polar surface area (TPSA) is 62.3 Å². The summed E-state index contributed by atoms with van der Waals surface area (Å²) in [4.78, 5) is 31.8. The van der Waals surface area contributed by atoms with Crippen molar-refractivity contribution >= 4 is 40.4 Å². The van der Waals surface area contributed by atoms with E-state index in [0.29, 0.717) is 15.6 Å². The zero-order chi connectivity index (χ0) is 21.0. The summed E-state index contributed by atoms with van der Waals surface area (Å²) < 4.78 is 0. The lowest BCUT2D eigenvalue weighted by Crippen LogP contribution is -2.35. The van der Waals surface area contributed by atoms with E-state index in [4.69, 9.17) is 11.6 Å². The first-order valence-corrected chi connectivity index (χ1v) is 10.4. The summed E-state index contributed by atoms with van der Waals surface area (Å²) in [5.41, 5.74) is 3.38. The molecule has 0 aliphatic rings. The van der Waals surface area contributed by atoms with Gasteiger partial charge in [-0.1, -0.05) is 48.9 Å². The summed E-state index contributed by atoms with van der Waals surface area (Å²) in [6, 6.07) is 15.0. The largest absolute Gasteiger partial charge is 0.332 e. The molecule has 3 aromatic rings. The van der Waals surface area contributed by atoms with E-state index in [2.05, 4.69) is 10.3 Å². The van der Waals surface area contributed by atoms with E-state index in [1.54, 1.807) is 26.1 Å². The Kier molecular flexibility index (Phi) is 6.67. The molecule has 3 rings (SSSR count). The van der Waals surface area contributed by atoms with Gasteiger partial charge in [0, 0.05) is 23.3 Å². The average molecular weight is 428 g/mol. The van der Waals surface area contributed by atoms with Gasteiger partial charge in [0.2, 0.25) is 5.91 Å². The molecular formula is C22H22ClN3O2S. The van der Waals surface area contributed by atoms with Crippen LogP contribution in [0.1, 0.15) is 27.9 Å². The number of rotatable bonds is 6. The lowest BCUT2D eigenvalue weighted by Gasteiger charge is -2.17. The minimum absolute atomic E-state index is 0.0372. The maximum absolute atomic E-state index is 12.9. The molecule has 2 aromatic carbocycles. The number of halogens is 1. The molecule has 0 saturated carbocycles. The molecule has 0 radical (unpaired) electrons. The fourth-order valence-corrected chi connectivity index (χ4v) is 4.10. The quantitative estimate of drug-likeness (QED) is 0.599. The van der Waals surface area contributed by atoms with Crippen LogP contribution in [0.5, 0.6) is 0 Å². The molecule has 150 valence electrons. The molecule has 0 aliphatic heterocycles. The van der Waals surface area contributed by atoms with Crippen LogP contribution in [0.25, 0.3) is 10.6 Å². The summed E-state index contributed by atoms with van der Waals surface area (Å²) in [5, 5.41) is 4.29. The molecular weight excluding hydrogens is 406 g/mol. The fraction of sp³-hybridized carbons (Fsp3) is 0.227. The molecule has 1 N–H and O–H groups in total. The number of benzene rings is 2. The molecule has 5 nitrogen and oxygen atoms in total. The Balaban J connectivity index is 1.70. The summed E-state index contributed by atoms with van der Waals surface area (Å²) in [7, 11) is 1.62. The van der Waals surface area contributed by atoms with Crippen LogP contribution in [0.15, 0.2) is 48.5 Å². The van der Waals surface area contributed by atoms with Gasteiger partial charge in [-0.2, -0.15) is 0 Å². The molecule has 0 unspecified atom stereocenters. The van der Waals surface area contributed by atoms with Crippen molar-refractivity contribution in [2.75, 3.05) is 18.9 Å². The van der Waals surface area contributed by atoms with Gasteiger partial charge in [-0.3, -0.25) is 9.59 Å². The Morgan fingerprint density at radius 2 is 1.83 bits per heavy atom. The maximum Gasteiger partial charge on any atom is 0.266 e. The van der Waals surface area contributed by atoms with Gasteiger partial charge >= 0.3 is 0 Å². The third-order valence-corrected chi connectivity index (χ3v) is 5.93. The Morgan fingerprint density at radius 1 is 1.14 bits per heavy atom. The molecule has 2 amide bonds. The van der Waals surface area contributed by atoms with Crippen molar-refractivity contribution in [3.05, 3.63) is 69.7 Å². The summed E-state index contributed by atoms with van der Waals surface area (Å²) in [6.07, 6.45) is 0.818. The average Bonchev–Trinajstić information content (AvgIpc) is 3.09. The number of hydrogen-bond donors (Lipinski definition) is 1. The zero-order valence-electron chi connectivity index (χ0n) is 16.5. The SMILES string of the molecule is CCc1ccccc1NC(=O)CN(C)C(=O)c1sc(-c2ccc(Cl)cc2)nc1C. The van der Waals surface area contributed by atoms with Crippen molar-refractivity contribution in [1.29, 1.82) is 0 Å². The standard InChI is InChI=1S/C22H22ClN3O2S/c1-4-15-7-5-6-8-18(15)25-19(27)13-26(3)22(28)20-14(2)24-21(29-20)16-9-11-17(23)12-10-16/h5-12H,4,13H2,1-3H3,(H,25,27). The van der Waals surface area contributed by atoms with Crippen LogP contribution < -0.4 is 5.32 Å². The highest BCUT2D eigenvalue weighted by Crippen LogP contribution is 2.29. The second-order valence-corrected chi connectivity index (χ2v) is 8.10. The van der Waals surface area contributed by atoms with Crippen LogP contribution in [0, 0.1) is 6.92 Å². The Hall–Kier alpha value is -2.70. The normalized spacial score (nSPS) is 10.6. The smallest absolute Gasteiger partial charge is 0.266 e. The van der Waals surface area contributed by atoms with E-state index in [-0.39, 0.29) is 18.4 Å². The number of aromatic nitrogens is 1. The molecule has 1 aromatic heterocycles. The molecule has 0 fully saturated rings. The molecule has 0 atom stereocenters. The third-order valence-electron chi connectivity index (χ3n) is 4.48. The fourth-order valence-electron chi connectivity index (χ4n) is 2.91. The summed E-state index contributed by atoms with van der Waals surface area (Å²) >= 11 is 7.25. The highest BCUT2D eigenvalue weighted by Gasteiger charge is 2.21. The molecule has 0 spiro atoms. The number of nitrogens with zero attached hydrogens (tertiary/aromatic N) is 2. The number of likely N-dealkylation sites (N-methyl/N-ethyl adjacent to an activating group) is 1. The molecule has 0 bridgehead atoms. The predicted molar refractivity (Wildman–Crippen MR) is 119 cm³/mol. The van der Waals surface area contributed by atoms with Gasteiger partial charge in [-0.15, -0.1) is 11.3 Å². The lowest BCUT2D eigenvalue weighted by atomic mass is 10.1. The molecule has 7 heteroatoms. The number of para-hydroxylation sites is 1. The predicted octanol–water partition coefficient (Wildman–Crippen LogP) is 5.05. The van der Waals surface area contributed by atoms with Gasteiger partial charge in [0.05, 0.1) is 12.2 Å². The first kappa shape index (κ1) is 21.0. The van der Waals surface area contributed by atoms with Crippen molar-refractivity contribution in [2.24, 2.45) is 0 Å². The summed E-state index contributed by atoms with van der Waals surface area (Å²) in [5.74, 6) is -0.457. The highest BCUT2D eigenvalue weighted by atomic mass is 35.5. The van der Waals surface area contributed by atoms with E-state index < -0.39 is 0 Å². The van der Waals surface area contributed by atoms with Crippen LogP contribution in [0.2, 0.25) is 5.02 Å². The van der Waals surface area contributed by atoms with Gasteiger partial charge in [0.15, 0.2) is 0 Å². The third kappa shape index (κ3) is 5.02. The Bertz CT molecular complexity index is 1030. The summed E-state index contributed by atoms with van der Waals surface area (Å²) in [6.45, 7) is 3.80. The highest BCUT2D eigenvalue weighted by molar-refractivity contribution is 7.17. The van der Waals surface area contributed by atoms with E-state index in [1.165, 1.54) is 16.2 Å². The Labute approximate surface area is 179 Å². The van der Waals surface area contributed by atoms with Crippen molar-refractivity contribution in [1.82, 2.24) is 9.88 Å². The number of thiazole rings is 1. The number of amides is 2. The molecule has 29 heavy (non-hydrogen) atoms. The van der Waals surface area contributed by atoms with E-state index in [1.807, 2.05) is 43.3 Å². The van der Waals surface area contributed by atoms with Crippen molar-refractivity contribution < 1.29 is 9.59 Å². The first-order valence-electron chi connectivity index (χ1n) is 9.25. The number of aryl methyl sites for hydroxylation is 2. The van der Waals surface area contributed by atoms with Gasteiger partial charge in [0.1, 0.15) is 9.88 Å². The van der Waals surface area contributed by atoms with Gasteiger partial charge in [-0.25, -0.2) is 4.98 Å². The first-order chi connectivity index (χ1) is 13.9. The molecule has 0 saturated heterocycles. The van der Waals surface area contributed by atoms with E-state index in [9.17, 15) is 9.59 Å². The van der Waals surface area contributed by atoms with Crippen molar-refractivity contribution in [3.63, 3.8) is 0 Å². The monoisotopic (exact) mass is 427 g/mol. The van der Waals surface area contributed by atoms with Crippen LogP contribution in [-0.2, 0) is 11.2 Å². The van der Waals surface area contributed by atoms with Gasteiger partial charge in [-0.05, 0) is 37.1 Å². The van der Waals surface area contributed by atoms with E-state index >= 15 is 0 Å². The lowest BCUT2D eigenvalue weighted by molar-refractivity contribution is -0.116. The molecule has 1 heterocycles. The minimum atomic E-state index is -0.234. The number of nitrogens with one attached hydrogen (secondary N) is 1. The number of anilines is 1. The Morgan fingerprint density at radius 3 is 2.52 bits per heavy atom. The van der Waals surface area contributed by atoms with Crippen LogP contribution >= 0.6 is 22.9 Å². The number of carbonyl (C=O) groups is 2. The van der Waals surface area contributed by atoms with E-state index in [0.717, 1.165) is 28.2 Å². The van der Waals surface area contributed by atoms with Crippen LogP contribution in [0.3, 0.4) is 0 Å². The zero-order valence-corrected chi connectivity index (χ0v) is 18.1. The van der Waals surface area contributed by atoms with Gasteiger partial charge in [0.25, 0.3) is 5.91 Å². The van der Waals surface area contributed by atoms with Crippen molar-refractivity contribution in [3.8, 4) is 10.6 Å².